The lowest BCUT2D eigenvalue weighted by Crippen LogP contribution is -2.30. The van der Waals surface area contributed by atoms with Gasteiger partial charge in [0.2, 0.25) is 0 Å². The van der Waals surface area contributed by atoms with Gasteiger partial charge in [-0.25, -0.2) is 9.97 Å². The largest absolute Gasteiger partial charge is 0.310 e. The molecule has 308 valence electrons. The molecule has 0 saturated carbocycles. The minimum atomic E-state index is -0.0423. The zero-order valence-electron chi connectivity index (χ0n) is 36.0. The van der Waals surface area contributed by atoms with Crippen LogP contribution in [0.3, 0.4) is 0 Å². The van der Waals surface area contributed by atoms with Crippen LogP contribution in [0.15, 0.2) is 211 Å². The van der Waals surface area contributed by atoms with Gasteiger partial charge in [0.25, 0.3) is 0 Å². The van der Waals surface area contributed by atoms with Crippen molar-refractivity contribution in [2.45, 2.75) is 44.9 Å². The summed E-state index contributed by atoms with van der Waals surface area (Å²) in [5.41, 5.74) is 18.9. The Hall–Kier alpha value is -7.02. The Morgan fingerprint density at radius 3 is 1.25 bits per heavy atom. The minimum absolute atomic E-state index is 0.0423. The number of halogens is 1. The van der Waals surface area contributed by atoms with Crippen molar-refractivity contribution >= 4 is 55.1 Å². The highest BCUT2D eigenvalue weighted by Crippen LogP contribution is 2.51. The number of hydrogen-bond acceptors (Lipinski definition) is 3. The maximum atomic E-state index is 4.54. The van der Waals surface area contributed by atoms with Gasteiger partial charge < -0.3 is 4.90 Å². The standard InChI is InChI=1S/C28H23N3.C16H16.C13H9BrN2/c1-28(2)22-9-3-6-12-25(22)31(26-13-7-4-10-23(26)28)21-17-15-20(16-18-21)30-19-29-24-11-5-8-14-27(24)30;1-16(2)14-9-5-3-7-12(14)11-13-8-4-6-10-15(13)16;14-10-5-7-11(8-6-10)16-9-15-12-3-1-2-4-13(12)16/h3-19H,1-2H3;3-10H,11H2,1-2H3;1-9H. The van der Waals surface area contributed by atoms with E-state index in [-0.39, 0.29) is 10.8 Å². The number of para-hydroxylation sites is 6. The molecule has 10 aromatic rings. The SMILES string of the molecule is Brc1ccc(-n2cnc3ccccc32)cc1.CC1(C)c2ccccc2Cc2ccccc21.CC1(C)c2ccccc2N(c2ccc(-n3cnc4ccccc43)cc2)c2ccccc21. The molecule has 0 atom stereocenters. The van der Waals surface area contributed by atoms with E-state index in [0.29, 0.717) is 0 Å². The first kappa shape index (κ1) is 40.1. The van der Waals surface area contributed by atoms with Gasteiger partial charge in [-0.1, -0.05) is 153 Å². The van der Waals surface area contributed by atoms with E-state index < -0.39 is 0 Å². The van der Waals surface area contributed by atoms with E-state index in [1.807, 2.05) is 55.1 Å². The second-order valence-electron chi connectivity index (χ2n) is 17.3. The fourth-order valence-corrected chi connectivity index (χ4v) is 9.82. The van der Waals surface area contributed by atoms with Crippen LogP contribution in [0.5, 0.6) is 0 Å². The van der Waals surface area contributed by atoms with Gasteiger partial charge in [0.05, 0.1) is 33.4 Å². The van der Waals surface area contributed by atoms with Gasteiger partial charge in [-0.05, 0) is 125 Å². The summed E-state index contributed by atoms with van der Waals surface area (Å²) in [6, 6.07) is 68.4. The molecule has 0 saturated heterocycles. The van der Waals surface area contributed by atoms with Crippen molar-refractivity contribution in [3.8, 4) is 11.4 Å². The van der Waals surface area contributed by atoms with Crippen molar-refractivity contribution in [2.75, 3.05) is 4.90 Å². The molecule has 0 radical (unpaired) electrons. The Morgan fingerprint density at radius 1 is 0.397 bits per heavy atom. The molecule has 0 fully saturated rings. The molecule has 1 aliphatic heterocycles. The normalized spacial score (nSPS) is 14.0. The number of imidazole rings is 2. The van der Waals surface area contributed by atoms with Gasteiger partial charge >= 0.3 is 0 Å². The van der Waals surface area contributed by atoms with E-state index in [1.54, 1.807) is 0 Å². The van der Waals surface area contributed by atoms with Crippen molar-refractivity contribution < 1.29 is 0 Å². The monoisotopic (exact) mass is 881 g/mol. The van der Waals surface area contributed by atoms with Gasteiger partial charge in [-0.2, -0.15) is 0 Å². The number of rotatable bonds is 3. The third kappa shape index (κ3) is 7.34. The van der Waals surface area contributed by atoms with Crippen molar-refractivity contribution in [1.82, 2.24) is 19.1 Å². The van der Waals surface area contributed by atoms with Gasteiger partial charge in [0, 0.05) is 32.4 Å². The topological polar surface area (TPSA) is 38.9 Å². The van der Waals surface area contributed by atoms with Crippen LogP contribution >= 0.6 is 15.9 Å². The molecule has 0 amide bonds. The molecular weight excluding hydrogens is 835 g/mol. The Bertz CT molecular complexity index is 3130. The highest BCUT2D eigenvalue weighted by atomic mass is 79.9. The van der Waals surface area contributed by atoms with E-state index >= 15 is 0 Å². The van der Waals surface area contributed by atoms with Crippen molar-refractivity contribution in [3.05, 3.63) is 245 Å². The average molecular weight is 883 g/mol. The van der Waals surface area contributed by atoms with Gasteiger partial charge in [-0.15, -0.1) is 0 Å². The van der Waals surface area contributed by atoms with Crippen LogP contribution < -0.4 is 4.90 Å². The van der Waals surface area contributed by atoms with Crippen LogP contribution in [0.1, 0.15) is 61.1 Å². The molecule has 8 aromatic carbocycles. The molecule has 5 nitrogen and oxygen atoms in total. The summed E-state index contributed by atoms with van der Waals surface area (Å²) in [5.74, 6) is 0. The molecule has 63 heavy (non-hydrogen) atoms. The third-order valence-electron chi connectivity index (χ3n) is 12.8. The Morgan fingerprint density at radius 2 is 0.762 bits per heavy atom. The third-order valence-corrected chi connectivity index (χ3v) is 13.3. The Labute approximate surface area is 378 Å². The van der Waals surface area contributed by atoms with Crippen LogP contribution in [0.2, 0.25) is 0 Å². The highest BCUT2D eigenvalue weighted by Gasteiger charge is 2.36. The lowest BCUT2D eigenvalue weighted by Gasteiger charge is -2.42. The summed E-state index contributed by atoms with van der Waals surface area (Å²) < 4.78 is 5.31. The smallest absolute Gasteiger partial charge is 0.100 e. The Balaban J connectivity index is 0.000000124. The minimum Gasteiger partial charge on any atom is -0.310 e. The lowest BCUT2D eigenvalue weighted by atomic mass is 9.69. The lowest BCUT2D eigenvalue weighted by molar-refractivity contribution is 0.610. The summed E-state index contributed by atoms with van der Waals surface area (Å²) in [6.07, 6.45) is 4.83. The summed E-state index contributed by atoms with van der Waals surface area (Å²) in [4.78, 5) is 11.3. The molecule has 6 heteroatoms. The molecular formula is C57H48BrN5. The van der Waals surface area contributed by atoms with Gasteiger partial charge in [0.1, 0.15) is 12.7 Å². The zero-order valence-corrected chi connectivity index (χ0v) is 37.5. The van der Waals surface area contributed by atoms with E-state index in [1.165, 1.54) is 44.8 Å². The van der Waals surface area contributed by atoms with Crippen molar-refractivity contribution in [2.24, 2.45) is 0 Å². The predicted octanol–water partition coefficient (Wildman–Crippen LogP) is 14.8. The molecule has 1 aliphatic carbocycles. The van der Waals surface area contributed by atoms with Crippen LogP contribution in [-0.4, -0.2) is 19.1 Å². The molecule has 0 bridgehead atoms. The molecule has 2 aromatic heterocycles. The van der Waals surface area contributed by atoms with Crippen LogP contribution in [0, 0.1) is 0 Å². The fourth-order valence-electron chi connectivity index (χ4n) is 9.56. The summed E-state index contributed by atoms with van der Waals surface area (Å²) >= 11 is 3.43. The first-order valence-electron chi connectivity index (χ1n) is 21.5. The number of hydrogen-bond donors (Lipinski definition) is 0. The second-order valence-corrected chi connectivity index (χ2v) is 18.2. The maximum Gasteiger partial charge on any atom is 0.100 e. The molecule has 3 heterocycles. The number of fused-ring (bicyclic) bond motifs is 6. The maximum absolute atomic E-state index is 4.54. The molecule has 0 N–H and O–H groups in total. The second kappa shape index (κ2) is 16.4. The summed E-state index contributed by atoms with van der Waals surface area (Å²) in [6.45, 7) is 9.28. The first-order chi connectivity index (χ1) is 30.7. The van der Waals surface area contributed by atoms with Crippen LogP contribution in [0.4, 0.5) is 17.1 Å². The van der Waals surface area contributed by atoms with Crippen molar-refractivity contribution in [3.63, 3.8) is 0 Å². The quantitative estimate of drug-likeness (QED) is 0.177. The predicted molar refractivity (Wildman–Crippen MR) is 264 cm³/mol. The number of aromatic nitrogens is 4. The summed E-state index contributed by atoms with van der Waals surface area (Å²) in [7, 11) is 0. The van der Waals surface area contributed by atoms with E-state index in [4.69, 9.17) is 0 Å². The van der Waals surface area contributed by atoms with E-state index in [2.05, 4.69) is 219 Å². The van der Waals surface area contributed by atoms with Crippen LogP contribution in [0.25, 0.3) is 33.4 Å². The van der Waals surface area contributed by atoms with E-state index in [9.17, 15) is 0 Å². The van der Waals surface area contributed by atoms with Gasteiger partial charge in [0.15, 0.2) is 0 Å². The molecule has 0 unspecified atom stereocenters. The number of nitrogens with zero attached hydrogens (tertiary/aromatic N) is 5. The summed E-state index contributed by atoms with van der Waals surface area (Å²) in [5, 5.41) is 0. The molecule has 0 spiro atoms. The van der Waals surface area contributed by atoms with Gasteiger partial charge in [-0.3, -0.25) is 9.13 Å². The number of anilines is 3. The fraction of sp³-hybridized carbons (Fsp3) is 0.123. The van der Waals surface area contributed by atoms with Crippen LogP contribution in [-0.2, 0) is 17.3 Å². The highest BCUT2D eigenvalue weighted by molar-refractivity contribution is 9.10. The average Bonchev–Trinajstić information content (AvgIpc) is 3.96. The van der Waals surface area contributed by atoms with Crippen molar-refractivity contribution in [1.29, 1.82) is 0 Å². The first-order valence-corrected chi connectivity index (χ1v) is 22.3. The zero-order chi connectivity index (χ0) is 43.1. The molecule has 12 rings (SSSR count). The number of benzene rings is 8. The van der Waals surface area contributed by atoms with E-state index in [0.717, 1.165) is 50.0 Å². The molecule has 2 aliphatic rings. The Kier molecular flexibility index (Phi) is 10.4.